The van der Waals surface area contributed by atoms with Crippen LogP contribution >= 0.6 is 0 Å². The van der Waals surface area contributed by atoms with E-state index in [1.807, 2.05) is 25.1 Å². The Labute approximate surface area is 206 Å². The number of phenols is 1. The second-order valence-electron chi connectivity index (χ2n) is 8.74. The monoisotopic (exact) mass is 503 g/mol. The molecule has 0 fully saturated rings. The largest absolute Gasteiger partial charge is 0.505 e. The number of phenolic OH excluding ortho intramolecular Hbond substituents is 1. The van der Waals surface area contributed by atoms with Gasteiger partial charge in [0.15, 0.2) is 17.4 Å². The average molecular weight is 504 g/mol. The third kappa shape index (κ3) is 3.57. The molecule has 8 nitrogen and oxygen atoms in total. The number of halogens is 1. The van der Waals surface area contributed by atoms with Crippen LogP contribution in [0.3, 0.4) is 0 Å². The van der Waals surface area contributed by atoms with Gasteiger partial charge in [0.2, 0.25) is 10.0 Å². The van der Waals surface area contributed by atoms with E-state index in [-0.39, 0.29) is 23.7 Å². The summed E-state index contributed by atoms with van der Waals surface area (Å²) in [4.78, 5) is 8.15. The number of aromatic hydroxyl groups is 1. The zero-order valence-electron chi connectivity index (χ0n) is 19.3. The smallest absolute Gasteiger partial charge is 0.243 e. The molecule has 1 aliphatic rings. The fourth-order valence-corrected chi connectivity index (χ4v) is 6.05. The van der Waals surface area contributed by atoms with Crippen LogP contribution in [0, 0.1) is 5.82 Å². The maximum absolute atomic E-state index is 14.1. The van der Waals surface area contributed by atoms with Crippen molar-refractivity contribution >= 4 is 20.9 Å². The molecule has 36 heavy (non-hydrogen) atoms. The van der Waals surface area contributed by atoms with E-state index in [0.29, 0.717) is 29.2 Å². The highest BCUT2D eigenvalue weighted by atomic mass is 32.2. The molecule has 0 amide bonds. The maximum atomic E-state index is 14.1. The molecular weight excluding hydrogens is 481 g/mol. The number of rotatable bonds is 5. The van der Waals surface area contributed by atoms with E-state index in [9.17, 15) is 17.9 Å². The summed E-state index contributed by atoms with van der Waals surface area (Å²) >= 11 is 0. The van der Waals surface area contributed by atoms with Crippen LogP contribution < -0.4 is 0 Å². The van der Waals surface area contributed by atoms with Gasteiger partial charge in [0.1, 0.15) is 5.69 Å². The van der Waals surface area contributed by atoms with Gasteiger partial charge in [-0.05, 0) is 59.5 Å². The molecule has 0 saturated heterocycles. The summed E-state index contributed by atoms with van der Waals surface area (Å²) in [5.41, 5.74) is 5.14. The Hall–Kier alpha value is -4.02. The first-order chi connectivity index (χ1) is 17.3. The third-order valence-corrected chi connectivity index (χ3v) is 8.36. The van der Waals surface area contributed by atoms with Gasteiger partial charge < -0.3 is 10.1 Å². The normalized spacial score (nSPS) is 13.9. The minimum Gasteiger partial charge on any atom is -0.505 e. The summed E-state index contributed by atoms with van der Waals surface area (Å²) < 4.78 is 41.4. The molecular formula is C26H22FN5O3S. The minimum absolute atomic E-state index is 0.182. The van der Waals surface area contributed by atoms with Crippen molar-refractivity contribution in [2.45, 2.75) is 31.3 Å². The number of hydrogen-bond donors (Lipinski definition) is 3. The molecule has 0 bridgehead atoms. The summed E-state index contributed by atoms with van der Waals surface area (Å²) in [6.45, 7) is 2.34. The predicted octanol–water partition coefficient (Wildman–Crippen LogP) is 4.73. The van der Waals surface area contributed by atoms with Gasteiger partial charge in [-0.3, -0.25) is 5.10 Å². The number of aromatic nitrogens is 4. The summed E-state index contributed by atoms with van der Waals surface area (Å²) in [5, 5.41) is 18.0. The first kappa shape index (κ1) is 22.4. The molecule has 0 radical (unpaired) electrons. The molecule has 6 rings (SSSR count). The molecule has 0 aliphatic carbocycles. The van der Waals surface area contributed by atoms with E-state index in [4.69, 9.17) is 0 Å². The lowest BCUT2D eigenvalue weighted by molar-refractivity contribution is 0.426. The van der Waals surface area contributed by atoms with Crippen LogP contribution in [-0.4, -0.2) is 38.0 Å². The Morgan fingerprint density at radius 1 is 1.08 bits per heavy atom. The zero-order valence-corrected chi connectivity index (χ0v) is 20.1. The van der Waals surface area contributed by atoms with Crippen LogP contribution in [0.4, 0.5) is 4.39 Å². The highest BCUT2D eigenvalue weighted by Crippen LogP contribution is 2.35. The molecule has 182 valence electrons. The fourth-order valence-electron chi connectivity index (χ4n) is 4.66. The van der Waals surface area contributed by atoms with Crippen LogP contribution in [0.25, 0.3) is 33.5 Å². The zero-order chi connectivity index (χ0) is 25.0. The van der Waals surface area contributed by atoms with Gasteiger partial charge in [-0.2, -0.15) is 9.40 Å². The van der Waals surface area contributed by atoms with Gasteiger partial charge in [-0.1, -0.05) is 31.2 Å². The van der Waals surface area contributed by atoms with Crippen molar-refractivity contribution in [3.05, 3.63) is 83.4 Å². The predicted molar refractivity (Wildman–Crippen MR) is 133 cm³/mol. The average Bonchev–Trinajstić information content (AvgIpc) is 3.59. The van der Waals surface area contributed by atoms with E-state index < -0.39 is 15.8 Å². The summed E-state index contributed by atoms with van der Waals surface area (Å²) in [6, 6.07) is 16.8. The summed E-state index contributed by atoms with van der Waals surface area (Å²) in [7, 11) is -3.61. The number of benzene rings is 3. The van der Waals surface area contributed by atoms with E-state index in [2.05, 4.69) is 20.2 Å². The van der Waals surface area contributed by atoms with Crippen LogP contribution in [0.2, 0.25) is 0 Å². The Kier molecular flexibility index (Phi) is 5.16. The fraction of sp³-hybridized carbons (Fsp3) is 0.154. The van der Waals surface area contributed by atoms with Crippen LogP contribution in [0.15, 0.2) is 65.6 Å². The van der Waals surface area contributed by atoms with Crippen molar-refractivity contribution in [3.63, 3.8) is 0 Å². The highest BCUT2D eigenvalue weighted by molar-refractivity contribution is 7.89. The number of fused-ring (bicyclic) bond motifs is 2. The molecule has 0 atom stereocenters. The van der Waals surface area contributed by atoms with E-state index in [1.165, 1.54) is 16.4 Å². The molecule has 10 heteroatoms. The van der Waals surface area contributed by atoms with Crippen molar-refractivity contribution in [1.29, 1.82) is 0 Å². The Bertz CT molecular complexity index is 1700. The maximum Gasteiger partial charge on any atom is 0.243 e. The van der Waals surface area contributed by atoms with Crippen LogP contribution in [0.5, 0.6) is 5.75 Å². The molecule has 1 aliphatic heterocycles. The van der Waals surface area contributed by atoms with Crippen molar-refractivity contribution in [2.75, 3.05) is 0 Å². The Morgan fingerprint density at radius 3 is 2.64 bits per heavy atom. The lowest BCUT2D eigenvalue weighted by Gasteiger charge is -2.15. The highest BCUT2D eigenvalue weighted by Gasteiger charge is 2.33. The lowest BCUT2D eigenvalue weighted by atomic mass is 9.96. The molecule has 5 aromatic rings. The molecule has 3 aromatic carbocycles. The first-order valence-electron chi connectivity index (χ1n) is 11.5. The van der Waals surface area contributed by atoms with E-state index in [1.54, 1.807) is 30.3 Å². The number of nitrogens with zero attached hydrogens (tertiary/aromatic N) is 3. The SMILES string of the molecule is CCc1cc(O)c(F)cc1-c1ccc2c(-c3nc4c([nH]3)CN(S(=O)(=O)c3ccccc3)C4)n[nH]c2c1. The van der Waals surface area contributed by atoms with Crippen molar-refractivity contribution in [1.82, 2.24) is 24.5 Å². The van der Waals surface area contributed by atoms with Gasteiger partial charge in [-0.15, -0.1) is 0 Å². The Morgan fingerprint density at radius 2 is 1.89 bits per heavy atom. The molecule has 0 unspecified atom stereocenters. The molecule has 2 aromatic heterocycles. The minimum atomic E-state index is -3.61. The van der Waals surface area contributed by atoms with Crippen LogP contribution in [0.1, 0.15) is 23.9 Å². The first-order valence-corrected chi connectivity index (χ1v) is 12.9. The Balaban J connectivity index is 1.30. The van der Waals surface area contributed by atoms with Gasteiger partial charge in [-0.25, -0.2) is 17.8 Å². The third-order valence-electron chi connectivity index (χ3n) is 6.56. The molecule has 3 heterocycles. The number of aryl methyl sites for hydroxylation is 1. The number of hydrogen-bond acceptors (Lipinski definition) is 5. The molecule has 0 spiro atoms. The number of H-pyrrole nitrogens is 2. The number of nitrogens with one attached hydrogen (secondary N) is 2. The second kappa shape index (κ2) is 8.28. The standard InChI is InChI=1S/C26H22FN5O3S/c1-2-15-11-24(33)20(27)12-19(15)16-8-9-18-21(10-16)30-31-25(18)26-28-22-13-32(14-23(22)29-26)36(34,35)17-6-4-3-5-7-17/h3-12,33H,2,13-14H2,1H3,(H,28,29)(H,30,31). The van der Waals surface area contributed by atoms with Crippen LogP contribution in [-0.2, 0) is 29.5 Å². The summed E-state index contributed by atoms with van der Waals surface area (Å²) in [6.07, 6.45) is 0.643. The van der Waals surface area contributed by atoms with E-state index in [0.717, 1.165) is 27.7 Å². The van der Waals surface area contributed by atoms with Gasteiger partial charge in [0.25, 0.3) is 0 Å². The van der Waals surface area contributed by atoms with Crippen molar-refractivity contribution in [2.24, 2.45) is 0 Å². The number of aromatic amines is 2. The van der Waals surface area contributed by atoms with Gasteiger partial charge in [0, 0.05) is 5.39 Å². The number of sulfonamides is 1. The molecule has 0 saturated carbocycles. The lowest BCUT2D eigenvalue weighted by Crippen LogP contribution is -2.26. The van der Waals surface area contributed by atoms with Gasteiger partial charge in [0.05, 0.1) is 34.9 Å². The second-order valence-corrected chi connectivity index (χ2v) is 10.7. The molecule has 3 N–H and O–H groups in total. The topological polar surface area (TPSA) is 115 Å². The van der Waals surface area contributed by atoms with Gasteiger partial charge >= 0.3 is 0 Å². The van der Waals surface area contributed by atoms with E-state index >= 15 is 0 Å². The van der Waals surface area contributed by atoms with Crippen molar-refractivity contribution in [3.8, 4) is 28.4 Å². The van der Waals surface area contributed by atoms with Crippen molar-refractivity contribution < 1.29 is 17.9 Å². The number of imidazole rings is 1. The summed E-state index contributed by atoms with van der Waals surface area (Å²) in [5.74, 6) is -0.469. The quantitative estimate of drug-likeness (QED) is 0.321.